The quantitative estimate of drug-likeness (QED) is 0.270. The zero-order valence-electron chi connectivity index (χ0n) is 18.3. The number of rotatable bonds is 5. The number of pyridine rings is 2. The molecule has 1 amide bonds. The lowest BCUT2D eigenvalue weighted by Gasteiger charge is -2.27. The molecule has 0 aromatic carbocycles. The number of aromatic amines is 2. The van der Waals surface area contributed by atoms with E-state index in [1.54, 1.807) is 56.8 Å². The Kier molecular flexibility index (Phi) is 5.78. The molecule has 4 heterocycles. The molecule has 1 fully saturated rings. The van der Waals surface area contributed by atoms with Gasteiger partial charge in [-0.2, -0.15) is 0 Å². The summed E-state index contributed by atoms with van der Waals surface area (Å²) in [7, 11) is 1.24. The molecule has 4 rings (SSSR count). The topological polar surface area (TPSA) is 130 Å². The van der Waals surface area contributed by atoms with E-state index in [2.05, 4.69) is 15.0 Å². The van der Waals surface area contributed by atoms with Crippen LogP contribution in [0.1, 0.15) is 44.5 Å². The molecule has 9 heteroatoms. The number of aromatic nitrogens is 3. The van der Waals surface area contributed by atoms with Crippen molar-refractivity contribution in [2.75, 3.05) is 7.11 Å². The summed E-state index contributed by atoms with van der Waals surface area (Å²) < 4.78 is 4.78. The lowest BCUT2D eigenvalue weighted by atomic mass is 9.94. The number of hydrogen-bond donors (Lipinski definition) is 1. The summed E-state index contributed by atoms with van der Waals surface area (Å²) in [5.41, 5.74) is 2.29. The van der Waals surface area contributed by atoms with E-state index in [0.717, 1.165) is 5.56 Å². The van der Waals surface area contributed by atoms with Crippen molar-refractivity contribution >= 4 is 23.4 Å². The van der Waals surface area contributed by atoms with Gasteiger partial charge in [0.25, 0.3) is 5.91 Å². The fraction of sp³-hybridized carbons (Fsp3) is 0.208. The van der Waals surface area contributed by atoms with Crippen LogP contribution in [0.25, 0.3) is 5.76 Å². The largest absolute Gasteiger partial charge is 0.872 e. The van der Waals surface area contributed by atoms with Crippen LogP contribution in [0.2, 0.25) is 0 Å². The van der Waals surface area contributed by atoms with E-state index in [-0.39, 0.29) is 23.4 Å². The molecule has 0 bridgehead atoms. The third kappa shape index (κ3) is 3.78. The summed E-state index contributed by atoms with van der Waals surface area (Å²) in [6, 6.07) is 6.06. The van der Waals surface area contributed by atoms with Crippen molar-refractivity contribution in [2.24, 2.45) is 0 Å². The fourth-order valence-corrected chi connectivity index (χ4v) is 4.18. The highest BCUT2D eigenvalue weighted by Gasteiger charge is 2.44. The molecule has 0 radical (unpaired) electrons. The van der Waals surface area contributed by atoms with Crippen molar-refractivity contribution in [1.29, 1.82) is 0 Å². The molecule has 1 unspecified atom stereocenters. The molecule has 1 saturated heterocycles. The van der Waals surface area contributed by atoms with Gasteiger partial charge in [-0.3, -0.25) is 14.6 Å². The average Bonchev–Trinajstić information content (AvgIpc) is 3.27. The van der Waals surface area contributed by atoms with Gasteiger partial charge < -0.3 is 19.7 Å². The van der Waals surface area contributed by atoms with Gasteiger partial charge in [0.15, 0.2) is 12.4 Å². The molecule has 9 nitrogen and oxygen atoms in total. The maximum atomic E-state index is 13.7. The summed E-state index contributed by atoms with van der Waals surface area (Å²) in [5, 5.41) is 13.7. The van der Waals surface area contributed by atoms with Crippen LogP contribution in [0.5, 0.6) is 0 Å². The Morgan fingerprint density at radius 1 is 1.24 bits per heavy atom. The highest BCUT2D eigenvalue weighted by atomic mass is 16.5. The van der Waals surface area contributed by atoms with Crippen LogP contribution < -0.4 is 10.1 Å². The maximum absolute atomic E-state index is 13.7. The normalized spacial score (nSPS) is 17.4. The van der Waals surface area contributed by atoms with Crippen molar-refractivity contribution in [2.45, 2.75) is 26.4 Å². The number of amides is 1. The van der Waals surface area contributed by atoms with E-state index >= 15 is 0 Å². The monoisotopic (exact) mass is 446 g/mol. The number of carbonyl (C=O) groups is 3. The summed E-state index contributed by atoms with van der Waals surface area (Å²) in [6.07, 6.45) is 6.55. The van der Waals surface area contributed by atoms with E-state index < -0.39 is 29.5 Å². The van der Waals surface area contributed by atoms with Crippen LogP contribution in [0.15, 0.2) is 54.6 Å². The first-order chi connectivity index (χ1) is 15.8. The molecule has 3 aromatic rings. The van der Waals surface area contributed by atoms with Crippen molar-refractivity contribution in [3.63, 3.8) is 0 Å². The minimum atomic E-state index is -0.893. The third-order valence-corrected chi connectivity index (χ3v) is 5.73. The Morgan fingerprint density at radius 2 is 1.97 bits per heavy atom. The molecule has 168 valence electrons. The van der Waals surface area contributed by atoms with Gasteiger partial charge in [-0.1, -0.05) is 5.76 Å². The van der Waals surface area contributed by atoms with Gasteiger partial charge in [-0.05, 0) is 48.7 Å². The molecule has 1 aliphatic heterocycles. The van der Waals surface area contributed by atoms with Crippen molar-refractivity contribution in [1.82, 2.24) is 14.9 Å². The van der Waals surface area contributed by atoms with Crippen LogP contribution in [0, 0.1) is 13.8 Å². The lowest BCUT2D eigenvalue weighted by molar-refractivity contribution is -0.378. The Morgan fingerprint density at radius 3 is 2.61 bits per heavy atom. The number of carbonyl (C=O) groups excluding carboxylic acids is 3. The van der Waals surface area contributed by atoms with E-state index in [1.165, 1.54) is 12.0 Å². The number of methoxy groups -OCH3 is 1. The van der Waals surface area contributed by atoms with Crippen molar-refractivity contribution < 1.29 is 29.2 Å². The number of ketones is 1. The van der Waals surface area contributed by atoms with E-state index in [1.807, 2.05) is 6.07 Å². The molecule has 0 spiro atoms. The second-order valence-corrected chi connectivity index (χ2v) is 7.72. The van der Waals surface area contributed by atoms with Gasteiger partial charge in [-0.25, -0.2) is 9.78 Å². The first-order valence-corrected chi connectivity index (χ1v) is 10.2. The Labute approximate surface area is 189 Å². The van der Waals surface area contributed by atoms with Gasteiger partial charge in [0.05, 0.1) is 19.7 Å². The number of nitrogens with one attached hydrogen (secondary N) is 2. The summed E-state index contributed by atoms with van der Waals surface area (Å²) in [5.74, 6) is -2.84. The summed E-state index contributed by atoms with van der Waals surface area (Å²) >= 11 is 0. The molecular formula is C24H22N4O5. The van der Waals surface area contributed by atoms with Gasteiger partial charge in [0, 0.05) is 35.3 Å². The number of H-pyrrole nitrogens is 2. The Bertz CT molecular complexity index is 1260. The first kappa shape index (κ1) is 21.9. The van der Waals surface area contributed by atoms with Crippen molar-refractivity contribution in [3.05, 3.63) is 88.3 Å². The van der Waals surface area contributed by atoms with Gasteiger partial charge in [-0.15, -0.1) is 0 Å². The SMILES string of the molecule is COC(=O)c1[nH]c(C)c(/C([O-])=C2\C(=O)C(=O)N(Cc3ccc[nH+]c3)C2c2ccncc2)c1C. The molecule has 0 saturated carbocycles. The van der Waals surface area contributed by atoms with Crippen LogP contribution in [0.4, 0.5) is 0 Å². The van der Waals surface area contributed by atoms with Gasteiger partial charge >= 0.3 is 5.97 Å². The number of ether oxygens (including phenoxy) is 1. The number of nitrogens with zero attached hydrogens (tertiary/aromatic N) is 2. The van der Waals surface area contributed by atoms with Gasteiger partial charge in [0.1, 0.15) is 5.69 Å². The third-order valence-electron chi connectivity index (χ3n) is 5.73. The Balaban J connectivity index is 1.90. The van der Waals surface area contributed by atoms with E-state index in [4.69, 9.17) is 4.74 Å². The van der Waals surface area contributed by atoms with Gasteiger partial charge in [0.2, 0.25) is 5.78 Å². The highest BCUT2D eigenvalue weighted by Crippen LogP contribution is 2.40. The predicted molar refractivity (Wildman–Crippen MR) is 114 cm³/mol. The minimum absolute atomic E-state index is 0.129. The number of Topliss-reactive ketones (excluding diaryl/α,β-unsaturated/α-hetero) is 1. The molecule has 0 aliphatic carbocycles. The zero-order chi connectivity index (χ0) is 23.7. The van der Waals surface area contributed by atoms with Crippen LogP contribution in [-0.2, 0) is 20.9 Å². The number of hydrogen-bond acceptors (Lipinski definition) is 6. The second-order valence-electron chi connectivity index (χ2n) is 7.72. The predicted octanol–water partition coefficient (Wildman–Crippen LogP) is 1.05. The van der Waals surface area contributed by atoms with Crippen LogP contribution >= 0.6 is 0 Å². The van der Waals surface area contributed by atoms with Crippen LogP contribution in [0.3, 0.4) is 0 Å². The number of likely N-dealkylation sites (tertiary alicyclic amines) is 1. The maximum Gasteiger partial charge on any atom is 0.354 e. The number of aryl methyl sites for hydroxylation is 1. The van der Waals surface area contributed by atoms with E-state index in [0.29, 0.717) is 16.8 Å². The number of esters is 1. The standard InChI is InChI=1S/C24H22N4O5/c1-13-17(14(2)27-19(13)24(32)33-3)21(29)18-20(16-6-9-25-10-7-16)28(23(31)22(18)30)12-15-5-4-8-26-11-15/h4-11,20,27,29H,12H2,1-3H3/b21-18+. The lowest BCUT2D eigenvalue weighted by Crippen LogP contribution is -2.29. The van der Waals surface area contributed by atoms with Crippen molar-refractivity contribution in [3.8, 4) is 0 Å². The molecular weight excluding hydrogens is 424 g/mol. The fourth-order valence-electron chi connectivity index (χ4n) is 4.18. The van der Waals surface area contributed by atoms with E-state index in [9.17, 15) is 19.5 Å². The van der Waals surface area contributed by atoms with Crippen LogP contribution in [-0.4, -0.2) is 39.6 Å². The molecule has 1 atom stereocenters. The average molecular weight is 446 g/mol. The second kappa shape index (κ2) is 8.70. The molecule has 2 N–H and O–H groups in total. The molecule has 1 aliphatic rings. The molecule has 33 heavy (non-hydrogen) atoms. The minimum Gasteiger partial charge on any atom is -0.872 e. The zero-order valence-corrected chi connectivity index (χ0v) is 18.3. The first-order valence-electron chi connectivity index (χ1n) is 10.2. The highest BCUT2D eigenvalue weighted by molar-refractivity contribution is 6.46. The Hall–Kier alpha value is -4.27. The smallest absolute Gasteiger partial charge is 0.354 e. The molecule has 3 aromatic heterocycles. The summed E-state index contributed by atoms with van der Waals surface area (Å²) in [4.78, 5) is 49.5. The summed E-state index contributed by atoms with van der Waals surface area (Å²) in [6.45, 7) is 3.36.